The molecule has 0 aromatic heterocycles. The molecule has 2 aromatic carbocycles. The molecule has 1 aliphatic rings. The van der Waals surface area contributed by atoms with Crippen molar-refractivity contribution in [3.8, 4) is 5.75 Å². The first-order valence-electron chi connectivity index (χ1n) is 7.39. The second kappa shape index (κ2) is 7.55. The summed E-state index contributed by atoms with van der Waals surface area (Å²) in [7, 11) is 0. The SMILES string of the molecule is O=C(COc1ccc(Cl)cc1Cl)Nc1ccccc1C1=NCCN1. The van der Waals surface area contributed by atoms with E-state index in [9.17, 15) is 4.79 Å². The Morgan fingerprint density at radius 1 is 1.25 bits per heavy atom. The molecule has 0 atom stereocenters. The van der Waals surface area contributed by atoms with Crippen molar-refractivity contribution in [1.82, 2.24) is 5.32 Å². The molecule has 24 heavy (non-hydrogen) atoms. The van der Waals surface area contributed by atoms with Crippen LogP contribution in [-0.2, 0) is 4.79 Å². The van der Waals surface area contributed by atoms with Gasteiger partial charge in [-0.25, -0.2) is 0 Å². The Balaban J connectivity index is 1.65. The number of anilines is 1. The number of nitrogens with one attached hydrogen (secondary N) is 2. The van der Waals surface area contributed by atoms with E-state index in [2.05, 4.69) is 15.6 Å². The van der Waals surface area contributed by atoms with Crippen molar-refractivity contribution in [3.05, 3.63) is 58.1 Å². The summed E-state index contributed by atoms with van der Waals surface area (Å²) in [5, 5.41) is 6.90. The van der Waals surface area contributed by atoms with Crippen LogP contribution in [0.2, 0.25) is 10.0 Å². The van der Waals surface area contributed by atoms with Gasteiger partial charge in [-0.2, -0.15) is 0 Å². The molecule has 1 amide bonds. The minimum Gasteiger partial charge on any atom is -0.482 e. The first-order valence-corrected chi connectivity index (χ1v) is 8.14. The number of ether oxygens (including phenoxy) is 1. The predicted molar refractivity (Wildman–Crippen MR) is 96.4 cm³/mol. The summed E-state index contributed by atoms with van der Waals surface area (Å²) in [5.74, 6) is 0.908. The van der Waals surface area contributed by atoms with E-state index in [0.717, 1.165) is 24.5 Å². The lowest BCUT2D eigenvalue weighted by atomic mass is 10.1. The van der Waals surface area contributed by atoms with Crippen molar-refractivity contribution in [2.24, 2.45) is 4.99 Å². The van der Waals surface area contributed by atoms with Crippen LogP contribution in [0, 0.1) is 0 Å². The average molecular weight is 364 g/mol. The number of carbonyl (C=O) groups excluding carboxylic acids is 1. The van der Waals surface area contributed by atoms with Gasteiger partial charge in [0.15, 0.2) is 6.61 Å². The number of rotatable bonds is 5. The molecule has 0 radical (unpaired) electrons. The molecule has 2 N–H and O–H groups in total. The zero-order valence-electron chi connectivity index (χ0n) is 12.7. The summed E-state index contributed by atoms with van der Waals surface area (Å²) in [5.41, 5.74) is 1.54. The molecule has 5 nitrogen and oxygen atoms in total. The maximum atomic E-state index is 12.2. The zero-order chi connectivity index (χ0) is 16.9. The van der Waals surface area contributed by atoms with Crippen molar-refractivity contribution in [2.45, 2.75) is 0 Å². The number of aliphatic imine (C=N–C) groups is 1. The number of hydrogen-bond donors (Lipinski definition) is 2. The second-order valence-electron chi connectivity index (χ2n) is 5.11. The normalized spacial score (nSPS) is 13.2. The first kappa shape index (κ1) is 16.6. The molecule has 0 saturated heterocycles. The highest BCUT2D eigenvalue weighted by atomic mass is 35.5. The predicted octanol–water partition coefficient (Wildman–Crippen LogP) is 3.36. The first-order chi connectivity index (χ1) is 11.6. The van der Waals surface area contributed by atoms with Gasteiger partial charge in [-0.3, -0.25) is 9.79 Å². The van der Waals surface area contributed by atoms with Crippen LogP contribution in [0.4, 0.5) is 5.69 Å². The molecule has 3 rings (SSSR count). The Labute approximate surface area is 149 Å². The van der Waals surface area contributed by atoms with Crippen LogP contribution in [0.5, 0.6) is 5.75 Å². The van der Waals surface area contributed by atoms with Crippen LogP contribution in [-0.4, -0.2) is 31.4 Å². The summed E-state index contributed by atoms with van der Waals surface area (Å²) < 4.78 is 5.44. The average Bonchev–Trinajstić information content (AvgIpc) is 3.09. The van der Waals surface area contributed by atoms with Crippen molar-refractivity contribution < 1.29 is 9.53 Å². The maximum absolute atomic E-state index is 12.2. The Morgan fingerprint density at radius 3 is 2.83 bits per heavy atom. The van der Waals surface area contributed by atoms with E-state index >= 15 is 0 Å². The summed E-state index contributed by atoms with van der Waals surface area (Å²) in [6, 6.07) is 12.3. The van der Waals surface area contributed by atoms with Gasteiger partial charge in [-0.05, 0) is 30.3 Å². The number of nitrogens with zero attached hydrogens (tertiary/aromatic N) is 1. The number of amidine groups is 1. The fourth-order valence-electron chi connectivity index (χ4n) is 2.30. The molecule has 7 heteroatoms. The van der Waals surface area contributed by atoms with E-state index in [4.69, 9.17) is 27.9 Å². The maximum Gasteiger partial charge on any atom is 0.262 e. The van der Waals surface area contributed by atoms with Gasteiger partial charge in [0.2, 0.25) is 0 Å². The minimum absolute atomic E-state index is 0.157. The van der Waals surface area contributed by atoms with Crippen LogP contribution >= 0.6 is 23.2 Å². The van der Waals surface area contributed by atoms with E-state index in [1.807, 2.05) is 24.3 Å². The Morgan fingerprint density at radius 2 is 2.08 bits per heavy atom. The lowest BCUT2D eigenvalue weighted by Gasteiger charge is -2.12. The highest BCUT2D eigenvalue weighted by Gasteiger charge is 2.14. The molecule has 0 aliphatic carbocycles. The monoisotopic (exact) mass is 363 g/mol. The van der Waals surface area contributed by atoms with Crippen LogP contribution < -0.4 is 15.4 Å². The third kappa shape index (κ3) is 3.99. The molecular formula is C17H15Cl2N3O2. The zero-order valence-corrected chi connectivity index (χ0v) is 14.2. The Kier molecular flexibility index (Phi) is 5.23. The van der Waals surface area contributed by atoms with E-state index in [0.29, 0.717) is 21.5 Å². The van der Waals surface area contributed by atoms with Gasteiger partial charge in [-0.1, -0.05) is 35.3 Å². The molecule has 0 bridgehead atoms. The molecule has 0 spiro atoms. The quantitative estimate of drug-likeness (QED) is 0.855. The molecule has 1 aliphatic heterocycles. The summed E-state index contributed by atoms with van der Waals surface area (Å²) >= 11 is 11.8. The smallest absolute Gasteiger partial charge is 0.262 e. The number of benzene rings is 2. The number of para-hydroxylation sites is 1. The molecule has 2 aromatic rings. The van der Waals surface area contributed by atoms with Gasteiger partial charge in [0.05, 0.1) is 17.3 Å². The number of amides is 1. The number of carbonyl (C=O) groups is 1. The number of halogens is 2. The lowest BCUT2D eigenvalue weighted by molar-refractivity contribution is -0.118. The van der Waals surface area contributed by atoms with Crippen LogP contribution in [0.1, 0.15) is 5.56 Å². The Hall–Kier alpha value is -2.24. The molecule has 1 heterocycles. The van der Waals surface area contributed by atoms with Gasteiger partial charge in [0, 0.05) is 17.1 Å². The van der Waals surface area contributed by atoms with Crippen molar-refractivity contribution in [1.29, 1.82) is 0 Å². The molecule has 0 unspecified atom stereocenters. The van der Waals surface area contributed by atoms with Gasteiger partial charge in [-0.15, -0.1) is 0 Å². The van der Waals surface area contributed by atoms with E-state index in [1.54, 1.807) is 18.2 Å². The third-order valence-electron chi connectivity index (χ3n) is 3.38. The topological polar surface area (TPSA) is 62.7 Å². The van der Waals surface area contributed by atoms with Gasteiger partial charge < -0.3 is 15.4 Å². The molecule has 0 saturated carbocycles. The van der Waals surface area contributed by atoms with Crippen LogP contribution in [0.25, 0.3) is 0 Å². The fourth-order valence-corrected chi connectivity index (χ4v) is 2.76. The van der Waals surface area contributed by atoms with Crippen molar-refractivity contribution >= 4 is 40.6 Å². The fraction of sp³-hybridized carbons (Fsp3) is 0.176. The minimum atomic E-state index is -0.285. The van der Waals surface area contributed by atoms with E-state index in [-0.39, 0.29) is 12.5 Å². The lowest BCUT2D eigenvalue weighted by Crippen LogP contribution is -2.24. The standard InChI is InChI=1S/C17H15Cl2N3O2/c18-11-5-6-15(13(19)9-11)24-10-16(23)22-14-4-2-1-3-12(14)17-20-7-8-21-17/h1-6,9H,7-8,10H2,(H,20,21)(H,22,23). The largest absolute Gasteiger partial charge is 0.482 e. The molecular weight excluding hydrogens is 349 g/mol. The third-order valence-corrected chi connectivity index (χ3v) is 3.91. The summed E-state index contributed by atoms with van der Waals surface area (Å²) in [4.78, 5) is 16.5. The second-order valence-corrected chi connectivity index (χ2v) is 5.96. The van der Waals surface area contributed by atoms with Crippen LogP contribution in [0.15, 0.2) is 47.5 Å². The molecule has 124 valence electrons. The summed E-state index contributed by atoms with van der Waals surface area (Å²) in [6.07, 6.45) is 0. The van der Waals surface area contributed by atoms with Crippen molar-refractivity contribution in [3.63, 3.8) is 0 Å². The van der Waals surface area contributed by atoms with Gasteiger partial charge in [0.25, 0.3) is 5.91 Å². The van der Waals surface area contributed by atoms with Crippen molar-refractivity contribution in [2.75, 3.05) is 25.0 Å². The summed E-state index contributed by atoms with van der Waals surface area (Å²) in [6.45, 7) is 1.38. The Bertz CT molecular complexity index is 793. The van der Waals surface area contributed by atoms with E-state index in [1.165, 1.54) is 0 Å². The van der Waals surface area contributed by atoms with Gasteiger partial charge in [0.1, 0.15) is 11.6 Å². The highest BCUT2D eigenvalue weighted by Crippen LogP contribution is 2.27. The van der Waals surface area contributed by atoms with Gasteiger partial charge >= 0.3 is 0 Å². The molecule has 0 fully saturated rings. The van der Waals surface area contributed by atoms with E-state index < -0.39 is 0 Å². The number of hydrogen-bond acceptors (Lipinski definition) is 4. The van der Waals surface area contributed by atoms with Crippen LogP contribution in [0.3, 0.4) is 0 Å². The highest BCUT2D eigenvalue weighted by molar-refractivity contribution is 6.35.